The van der Waals surface area contributed by atoms with Gasteiger partial charge in [0.15, 0.2) is 0 Å². The van der Waals surface area contributed by atoms with Gasteiger partial charge in [0.05, 0.1) is 0 Å². The lowest BCUT2D eigenvalue weighted by Crippen LogP contribution is -2.35. The molecule has 0 atom stereocenters. The normalized spacial score (nSPS) is 14.9. The number of anilines is 2. The Hall–Kier alpha value is -2.14. The quantitative estimate of drug-likeness (QED) is 0.793. The minimum Gasteiger partial charge on any atom is -0.325 e. The summed E-state index contributed by atoms with van der Waals surface area (Å²) in [5, 5.41) is 5.71. The average molecular weight is 373 g/mol. The minimum atomic E-state index is -0.949. The van der Waals surface area contributed by atoms with Gasteiger partial charge < -0.3 is 10.6 Å². The van der Waals surface area contributed by atoms with Gasteiger partial charge in [-0.1, -0.05) is 34.1 Å². The van der Waals surface area contributed by atoms with Gasteiger partial charge in [-0.25, -0.2) is 0 Å². The van der Waals surface area contributed by atoms with Crippen molar-refractivity contribution in [1.29, 1.82) is 0 Å². The van der Waals surface area contributed by atoms with Crippen LogP contribution >= 0.6 is 15.9 Å². The van der Waals surface area contributed by atoms with Crippen molar-refractivity contribution in [3.63, 3.8) is 0 Å². The first-order valence-corrected chi connectivity index (χ1v) is 8.25. The topological polar surface area (TPSA) is 58.2 Å². The Morgan fingerprint density at radius 1 is 1.00 bits per heavy atom. The molecule has 118 valence electrons. The molecular weight excluding hydrogens is 356 g/mol. The molecule has 0 saturated heterocycles. The summed E-state index contributed by atoms with van der Waals surface area (Å²) in [6, 6.07) is 14.8. The lowest BCUT2D eigenvalue weighted by atomic mass is 10.0. The van der Waals surface area contributed by atoms with Crippen LogP contribution in [0.4, 0.5) is 11.4 Å². The number of para-hydroxylation sites is 1. The Morgan fingerprint density at radius 2 is 1.65 bits per heavy atom. The van der Waals surface area contributed by atoms with Gasteiger partial charge in [-0.15, -0.1) is 0 Å². The molecule has 0 spiro atoms. The molecule has 1 fully saturated rings. The predicted molar refractivity (Wildman–Crippen MR) is 94.2 cm³/mol. The summed E-state index contributed by atoms with van der Waals surface area (Å²) in [4.78, 5) is 25.1. The third kappa shape index (κ3) is 3.29. The Morgan fingerprint density at radius 3 is 2.26 bits per heavy atom. The molecular formula is C18H17BrN2O2. The van der Waals surface area contributed by atoms with Gasteiger partial charge in [-0.2, -0.15) is 0 Å². The van der Waals surface area contributed by atoms with Gasteiger partial charge in [0, 0.05) is 15.8 Å². The largest absolute Gasteiger partial charge is 0.325 e. The second-order valence-corrected chi connectivity index (χ2v) is 6.73. The van der Waals surface area contributed by atoms with Crippen molar-refractivity contribution >= 4 is 39.1 Å². The zero-order chi connectivity index (χ0) is 16.4. The van der Waals surface area contributed by atoms with E-state index in [1.165, 1.54) is 0 Å². The number of amides is 2. The molecule has 2 aromatic carbocycles. The first kappa shape index (κ1) is 15.7. The van der Waals surface area contributed by atoms with Crippen molar-refractivity contribution in [2.45, 2.75) is 19.8 Å². The molecule has 4 nitrogen and oxygen atoms in total. The zero-order valence-corrected chi connectivity index (χ0v) is 14.3. The van der Waals surface area contributed by atoms with Crippen LogP contribution < -0.4 is 10.6 Å². The molecule has 0 unspecified atom stereocenters. The van der Waals surface area contributed by atoms with Crippen LogP contribution in [0.2, 0.25) is 0 Å². The fourth-order valence-corrected chi connectivity index (χ4v) is 2.94. The number of hydrogen-bond donors (Lipinski definition) is 2. The molecule has 0 heterocycles. The third-order valence-corrected chi connectivity index (χ3v) is 4.58. The number of aryl methyl sites for hydroxylation is 1. The van der Waals surface area contributed by atoms with E-state index in [1.54, 1.807) is 0 Å². The fourth-order valence-electron chi connectivity index (χ4n) is 2.46. The molecule has 0 aromatic heterocycles. The average Bonchev–Trinajstić information content (AvgIpc) is 3.33. The summed E-state index contributed by atoms with van der Waals surface area (Å²) in [6.45, 7) is 1.92. The SMILES string of the molecule is Cc1cc(Br)ccc1NC(=O)C1(C(=O)Nc2ccccc2)CC1. The van der Waals surface area contributed by atoms with Crippen LogP contribution in [0.5, 0.6) is 0 Å². The molecule has 1 saturated carbocycles. The van der Waals surface area contributed by atoms with Crippen molar-refractivity contribution in [2.24, 2.45) is 5.41 Å². The van der Waals surface area contributed by atoms with Crippen molar-refractivity contribution in [2.75, 3.05) is 10.6 Å². The van der Waals surface area contributed by atoms with Crippen LogP contribution in [0.25, 0.3) is 0 Å². The molecule has 1 aliphatic carbocycles. The summed E-state index contributed by atoms with van der Waals surface area (Å²) in [5.74, 6) is -0.479. The zero-order valence-electron chi connectivity index (χ0n) is 12.7. The molecule has 2 aromatic rings. The molecule has 23 heavy (non-hydrogen) atoms. The van der Waals surface area contributed by atoms with Crippen LogP contribution in [-0.4, -0.2) is 11.8 Å². The van der Waals surface area contributed by atoms with Gasteiger partial charge in [0.25, 0.3) is 0 Å². The number of benzene rings is 2. The van der Waals surface area contributed by atoms with Crippen molar-refractivity contribution in [1.82, 2.24) is 0 Å². The predicted octanol–water partition coefficient (Wildman–Crippen LogP) is 4.11. The second kappa shape index (κ2) is 6.16. The fraction of sp³-hybridized carbons (Fsp3) is 0.222. The third-order valence-electron chi connectivity index (χ3n) is 4.09. The number of nitrogens with one attached hydrogen (secondary N) is 2. The Kier molecular flexibility index (Phi) is 4.22. The standard InChI is InChI=1S/C18H17BrN2O2/c1-12-11-13(19)7-8-15(12)21-17(23)18(9-10-18)16(22)20-14-5-3-2-4-6-14/h2-8,11H,9-10H2,1H3,(H,20,22)(H,21,23). The van der Waals surface area contributed by atoms with E-state index in [2.05, 4.69) is 26.6 Å². The molecule has 1 aliphatic rings. The molecule has 0 radical (unpaired) electrons. The lowest BCUT2D eigenvalue weighted by Gasteiger charge is -2.16. The Bertz CT molecular complexity index is 755. The summed E-state index contributed by atoms with van der Waals surface area (Å²) in [5.41, 5.74) is 1.44. The maximum Gasteiger partial charge on any atom is 0.240 e. The van der Waals surface area contributed by atoms with E-state index in [4.69, 9.17) is 0 Å². The number of hydrogen-bond acceptors (Lipinski definition) is 2. The number of halogens is 1. The Labute approximate surface area is 143 Å². The highest BCUT2D eigenvalue weighted by molar-refractivity contribution is 9.10. The lowest BCUT2D eigenvalue weighted by molar-refractivity contribution is -0.131. The molecule has 2 N–H and O–H groups in total. The first-order chi connectivity index (χ1) is 11.0. The minimum absolute atomic E-state index is 0.239. The maximum absolute atomic E-state index is 12.6. The van der Waals surface area contributed by atoms with Crippen LogP contribution in [0.15, 0.2) is 53.0 Å². The van der Waals surface area contributed by atoms with Crippen LogP contribution in [0.1, 0.15) is 18.4 Å². The smallest absolute Gasteiger partial charge is 0.240 e. The molecule has 0 aliphatic heterocycles. The molecule has 2 amide bonds. The van der Waals surface area contributed by atoms with Gasteiger partial charge in [0.1, 0.15) is 5.41 Å². The van der Waals surface area contributed by atoms with Crippen molar-refractivity contribution < 1.29 is 9.59 Å². The van der Waals surface area contributed by atoms with E-state index >= 15 is 0 Å². The summed E-state index contributed by atoms with van der Waals surface area (Å²) in [7, 11) is 0. The first-order valence-electron chi connectivity index (χ1n) is 7.45. The monoisotopic (exact) mass is 372 g/mol. The van der Waals surface area contributed by atoms with Crippen LogP contribution in [-0.2, 0) is 9.59 Å². The number of carbonyl (C=O) groups excluding carboxylic acids is 2. The molecule has 0 bridgehead atoms. The Balaban J connectivity index is 1.72. The van der Waals surface area contributed by atoms with E-state index in [1.807, 2.05) is 55.5 Å². The van der Waals surface area contributed by atoms with Crippen molar-refractivity contribution in [3.8, 4) is 0 Å². The van der Waals surface area contributed by atoms with Crippen LogP contribution in [0.3, 0.4) is 0 Å². The highest BCUT2D eigenvalue weighted by Gasteiger charge is 2.56. The van der Waals surface area contributed by atoms with E-state index in [9.17, 15) is 9.59 Å². The highest BCUT2D eigenvalue weighted by Crippen LogP contribution is 2.47. The van der Waals surface area contributed by atoms with E-state index in [0.717, 1.165) is 15.7 Å². The highest BCUT2D eigenvalue weighted by atomic mass is 79.9. The van der Waals surface area contributed by atoms with E-state index in [0.29, 0.717) is 18.5 Å². The molecule has 5 heteroatoms. The molecule has 3 rings (SSSR count). The second-order valence-electron chi connectivity index (χ2n) is 5.82. The summed E-state index contributed by atoms with van der Waals surface area (Å²) >= 11 is 3.40. The maximum atomic E-state index is 12.6. The van der Waals surface area contributed by atoms with Gasteiger partial charge in [0.2, 0.25) is 11.8 Å². The number of rotatable bonds is 4. The van der Waals surface area contributed by atoms with Gasteiger partial charge in [-0.3, -0.25) is 9.59 Å². The van der Waals surface area contributed by atoms with Gasteiger partial charge in [-0.05, 0) is 55.7 Å². The van der Waals surface area contributed by atoms with Gasteiger partial charge >= 0.3 is 0 Å². The van der Waals surface area contributed by atoms with E-state index < -0.39 is 5.41 Å². The van der Waals surface area contributed by atoms with Crippen LogP contribution in [0, 0.1) is 12.3 Å². The van der Waals surface area contributed by atoms with Crippen molar-refractivity contribution in [3.05, 3.63) is 58.6 Å². The summed E-state index contributed by atoms with van der Waals surface area (Å²) in [6.07, 6.45) is 1.15. The van der Waals surface area contributed by atoms with E-state index in [-0.39, 0.29) is 11.8 Å². The number of carbonyl (C=O) groups is 2. The summed E-state index contributed by atoms with van der Waals surface area (Å²) < 4.78 is 0.955.